The van der Waals surface area contributed by atoms with E-state index in [1.165, 1.54) is 0 Å². The summed E-state index contributed by atoms with van der Waals surface area (Å²) < 4.78 is 0. The number of carbonyl (C=O) groups is 1. The van der Waals surface area contributed by atoms with Gasteiger partial charge in [0.1, 0.15) is 11.6 Å². The number of nitriles is 1. The molecule has 1 atom stereocenters. The number of hydrogen-bond donors (Lipinski definition) is 2. The first-order chi connectivity index (χ1) is 14.8. The molecule has 0 fully saturated rings. The number of aromatic amines is 1. The number of nitrogens with zero attached hydrogens (tertiary/aromatic N) is 2. The van der Waals surface area contributed by atoms with Crippen LogP contribution < -0.4 is 10.9 Å². The van der Waals surface area contributed by atoms with Gasteiger partial charge in [0.2, 0.25) is 5.91 Å². The average Bonchev–Trinajstić information content (AvgIpc) is 2.75. The van der Waals surface area contributed by atoms with Crippen LogP contribution in [0.25, 0.3) is 11.3 Å². The van der Waals surface area contributed by atoms with Gasteiger partial charge >= 0.3 is 0 Å². The number of nitrogens with one attached hydrogen (secondary N) is 2. The molecule has 31 heavy (non-hydrogen) atoms. The molecule has 0 spiro atoms. The molecule has 0 unspecified atom stereocenters. The van der Waals surface area contributed by atoms with Gasteiger partial charge in [-0.15, -0.1) is 0 Å². The van der Waals surface area contributed by atoms with Crippen molar-refractivity contribution in [2.45, 2.75) is 44.5 Å². The molecule has 0 saturated carbocycles. The molecule has 1 amide bonds. The van der Waals surface area contributed by atoms with Crippen LogP contribution in [0.4, 0.5) is 5.69 Å². The number of amides is 1. The van der Waals surface area contributed by atoms with Crippen molar-refractivity contribution in [3.8, 4) is 17.3 Å². The molecule has 6 nitrogen and oxygen atoms in total. The van der Waals surface area contributed by atoms with Crippen molar-refractivity contribution >= 4 is 23.4 Å². The van der Waals surface area contributed by atoms with Gasteiger partial charge in [-0.05, 0) is 38.3 Å². The van der Waals surface area contributed by atoms with E-state index in [2.05, 4.69) is 15.3 Å². The average molecular weight is 433 g/mol. The summed E-state index contributed by atoms with van der Waals surface area (Å²) >= 11 is 1.15. The second kappa shape index (κ2) is 9.63. The predicted molar refractivity (Wildman–Crippen MR) is 124 cm³/mol. The van der Waals surface area contributed by atoms with Crippen LogP contribution in [0.5, 0.6) is 0 Å². The highest BCUT2D eigenvalue weighted by Gasteiger charge is 2.20. The summed E-state index contributed by atoms with van der Waals surface area (Å²) in [5, 5.41) is 12.2. The lowest BCUT2D eigenvalue weighted by Crippen LogP contribution is -2.24. The van der Waals surface area contributed by atoms with Gasteiger partial charge in [0, 0.05) is 11.3 Å². The molecular formula is C24H24N4O2S. The summed E-state index contributed by atoms with van der Waals surface area (Å²) in [6.07, 6.45) is 0.809. The molecule has 1 aromatic heterocycles. The van der Waals surface area contributed by atoms with Crippen molar-refractivity contribution in [2.24, 2.45) is 0 Å². The van der Waals surface area contributed by atoms with Crippen LogP contribution in [-0.2, 0) is 11.2 Å². The molecule has 2 N–H and O–H groups in total. The third kappa shape index (κ3) is 5.04. The Labute approximate surface area is 185 Å². The summed E-state index contributed by atoms with van der Waals surface area (Å²) in [6, 6.07) is 15.3. The number of thioether (sulfide) groups is 1. The summed E-state index contributed by atoms with van der Waals surface area (Å²) in [4.78, 5) is 32.4. The number of hydrogen-bond acceptors (Lipinski definition) is 5. The topological polar surface area (TPSA) is 98.6 Å². The minimum absolute atomic E-state index is 0.0437. The second-order valence-electron chi connectivity index (χ2n) is 7.28. The van der Waals surface area contributed by atoms with E-state index in [1.807, 2.05) is 69.3 Å². The summed E-state index contributed by atoms with van der Waals surface area (Å²) in [7, 11) is 0. The van der Waals surface area contributed by atoms with Crippen molar-refractivity contribution in [3.63, 3.8) is 0 Å². The summed E-state index contributed by atoms with van der Waals surface area (Å²) in [5.74, 6) is -0.183. The summed E-state index contributed by atoms with van der Waals surface area (Å²) in [5.41, 5.74) is 4.38. The Kier molecular flexibility index (Phi) is 6.93. The molecule has 0 aliphatic rings. The fourth-order valence-electron chi connectivity index (χ4n) is 3.18. The van der Waals surface area contributed by atoms with E-state index in [1.54, 1.807) is 6.92 Å². The van der Waals surface area contributed by atoms with Gasteiger partial charge in [-0.3, -0.25) is 9.59 Å². The highest BCUT2D eigenvalue weighted by molar-refractivity contribution is 8.00. The lowest BCUT2D eigenvalue weighted by atomic mass is 10.1. The van der Waals surface area contributed by atoms with Crippen LogP contribution in [0, 0.1) is 25.2 Å². The van der Waals surface area contributed by atoms with Gasteiger partial charge in [-0.1, -0.05) is 66.7 Å². The molecule has 0 aliphatic heterocycles. The van der Waals surface area contributed by atoms with Crippen molar-refractivity contribution in [1.82, 2.24) is 9.97 Å². The van der Waals surface area contributed by atoms with Crippen molar-refractivity contribution in [2.75, 3.05) is 5.32 Å². The number of aryl methyl sites for hydroxylation is 3. The maximum Gasteiger partial charge on any atom is 0.270 e. The number of benzene rings is 2. The zero-order valence-corrected chi connectivity index (χ0v) is 18.8. The van der Waals surface area contributed by atoms with Crippen LogP contribution in [0.1, 0.15) is 36.1 Å². The lowest BCUT2D eigenvalue weighted by molar-refractivity contribution is -0.115. The zero-order chi connectivity index (χ0) is 22.5. The van der Waals surface area contributed by atoms with E-state index in [4.69, 9.17) is 0 Å². The van der Waals surface area contributed by atoms with E-state index < -0.39 is 10.8 Å². The maximum atomic E-state index is 12.8. The largest absolute Gasteiger partial charge is 0.325 e. The number of carbonyl (C=O) groups excluding carboxylic acids is 1. The zero-order valence-electron chi connectivity index (χ0n) is 17.9. The van der Waals surface area contributed by atoms with E-state index in [-0.39, 0.29) is 11.5 Å². The van der Waals surface area contributed by atoms with Crippen LogP contribution >= 0.6 is 11.8 Å². The van der Waals surface area contributed by atoms with Gasteiger partial charge in [0.15, 0.2) is 5.16 Å². The van der Waals surface area contributed by atoms with Gasteiger partial charge in [-0.2, -0.15) is 5.26 Å². The maximum absolute atomic E-state index is 12.8. The third-order valence-electron chi connectivity index (χ3n) is 4.98. The molecular weight excluding hydrogens is 408 g/mol. The number of H-pyrrole nitrogens is 1. The molecule has 0 saturated heterocycles. The summed E-state index contributed by atoms with van der Waals surface area (Å²) in [6.45, 7) is 7.72. The normalized spacial score (nSPS) is 11.6. The van der Waals surface area contributed by atoms with Gasteiger partial charge in [0.25, 0.3) is 5.56 Å². The van der Waals surface area contributed by atoms with E-state index in [9.17, 15) is 14.9 Å². The van der Waals surface area contributed by atoms with Crippen molar-refractivity contribution in [1.29, 1.82) is 5.26 Å². The van der Waals surface area contributed by atoms with Crippen LogP contribution in [0.15, 0.2) is 52.4 Å². The van der Waals surface area contributed by atoms with Gasteiger partial charge in [0.05, 0.1) is 10.9 Å². The van der Waals surface area contributed by atoms with E-state index in [0.29, 0.717) is 16.4 Å². The SMILES string of the molecule is CCc1cccc(C)c1NC(=O)[C@@H](C)Sc1nc(-c2ccc(C)cc2)c(C#N)c(=O)[nH]1. The van der Waals surface area contributed by atoms with Gasteiger partial charge in [-0.25, -0.2) is 4.98 Å². The molecule has 1 heterocycles. The quantitative estimate of drug-likeness (QED) is 0.438. The van der Waals surface area contributed by atoms with E-state index >= 15 is 0 Å². The lowest BCUT2D eigenvalue weighted by Gasteiger charge is -2.16. The van der Waals surface area contributed by atoms with Crippen molar-refractivity contribution in [3.05, 3.63) is 75.1 Å². The molecule has 3 aromatic rings. The molecule has 158 valence electrons. The monoisotopic (exact) mass is 432 g/mol. The molecule has 3 rings (SSSR count). The molecule has 0 radical (unpaired) electrons. The Balaban J connectivity index is 1.87. The van der Waals surface area contributed by atoms with Crippen LogP contribution in [-0.4, -0.2) is 21.1 Å². The third-order valence-corrected chi connectivity index (χ3v) is 5.96. The fourth-order valence-corrected chi connectivity index (χ4v) is 3.98. The van der Waals surface area contributed by atoms with Crippen LogP contribution in [0.2, 0.25) is 0 Å². The van der Waals surface area contributed by atoms with E-state index in [0.717, 1.165) is 40.6 Å². The van der Waals surface area contributed by atoms with Gasteiger partial charge < -0.3 is 10.3 Å². The first-order valence-electron chi connectivity index (χ1n) is 10.0. The minimum Gasteiger partial charge on any atom is -0.325 e. The number of anilines is 1. The Morgan fingerprint density at radius 1 is 1.23 bits per heavy atom. The molecule has 2 aromatic carbocycles. The molecule has 7 heteroatoms. The Morgan fingerprint density at radius 3 is 2.58 bits per heavy atom. The number of rotatable bonds is 6. The second-order valence-corrected chi connectivity index (χ2v) is 8.61. The molecule has 0 aliphatic carbocycles. The Hall–Kier alpha value is -3.37. The Bertz CT molecular complexity index is 1210. The smallest absolute Gasteiger partial charge is 0.270 e. The molecule has 0 bridgehead atoms. The number of para-hydroxylation sites is 1. The first-order valence-corrected chi connectivity index (χ1v) is 10.9. The van der Waals surface area contributed by atoms with Crippen LogP contribution in [0.3, 0.4) is 0 Å². The highest BCUT2D eigenvalue weighted by Crippen LogP contribution is 2.27. The number of aromatic nitrogens is 2. The highest BCUT2D eigenvalue weighted by atomic mass is 32.2. The Morgan fingerprint density at radius 2 is 1.94 bits per heavy atom. The predicted octanol–water partition coefficient (Wildman–Crippen LogP) is 4.61. The first kappa shape index (κ1) is 22.3. The van der Waals surface area contributed by atoms with Crippen molar-refractivity contribution < 1.29 is 4.79 Å². The fraction of sp³-hybridized carbons (Fsp3) is 0.250. The standard InChI is InChI=1S/C24H24N4O2S/c1-5-17-8-6-7-15(3)20(17)26-22(29)16(4)31-24-27-21(19(13-25)23(30)28-24)18-11-9-14(2)10-12-18/h6-12,16H,5H2,1-4H3,(H,26,29)(H,27,28,30)/t16-/m1/s1. The minimum atomic E-state index is -0.518.